The lowest BCUT2D eigenvalue weighted by molar-refractivity contribution is -0.127. The van der Waals surface area contributed by atoms with E-state index in [1.165, 1.54) is 39.9 Å². The minimum atomic E-state index is -1.33. The zero-order valence-corrected chi connectivity index (χ0v) is 19.1. The molecule has 1 aliphatic heterocycles. The summed E-state index contributed by atoms with van der Waals surface area (Å²) in [6.45, 7) is 5.78. The number of benzene rings is 1. The standard InChI is InChI=1S/C24H29FN4O4/c1-4-33-22(31)19-13-20-21(30)29(18-11-7-16(25)8-12-18)24(3,14-28(20)27-19)23(32)26-17-9-5-15(2)6-10-17/h7-8,11-13,15,17H,4-6,9-10,14H2,1-3H3,(H,26,32). The number of carbonyl (C=O) groups is 3. The molecule has 1 unspecified atom stereocenters. The molecule has 0 spiro atoms. The van der Waals surface area contributed by atoms with Crippen molar-refractivity contribution < 1.29 is 23.5 Å². The molecular formula is C24H29FN4O4. The molecular weight excluding hydrogens is 427 g/mol. The van der Waals surface area contributed by atoms with Crippen LogP contribution in [0.15, 0.2) is 30.3 Å². The average molecular weight is 457 g/mol. The number of amides is 2. The van der Waals surface area contributed by atoms with Crippen molar-refractivity contribution >= 4 is 23.5 Å². The Labute approximate surface area is 192 Å². The van der Waals surface area contributed by atoms with E-state index in [4.69, 9.17) is 4.74 Å². The van der Waals surface area contributed by atoms with Gasteiger partial charge in [0.05, 0.1) is 13.2 Å². The molecule has 33 heavy (non-hydrogen) atoms. The SMILES string of the molecule is CCOC(=O)c1cc2n(n1)CC(C)(C(=O)NC1CCC(C)CC1)N(c1ccc(F)cc1)C2=O. The summed E-state index contributed by atoms with van der Waals surface area (Å²) in [4.78, 5) is 40.8. The van der Waals surface area contributed by atoms with Crippen LogP contribution < -0.4 is 10.2 Å². The highest BCUT2D eigenvalue weighted by molar-refractivity contribution is 6.12. The minimum Gasteiger partial charge on any atom is -0.461 e. The number of anilines is 1. The first kappa shape index (κ1) is 22.9. The number of ether oxygens (including phenoxy) is 1. The highest BCUT2D eigenvalue weighted by atomic mass is 19.1. The lowest BCUT2D eigenvalue weighted by Gasteiger charge is -2.44. The van der Waals surface area contributed by atoms with E-state index >= 15 is 0 Å². The van der Waals surface area contributed by atoms with Crippen LogP contribution in [0.5, 0.6) is 0 Å². The topological polar surface area (TPSA) is 93.5 Å². The van der Waals surface area contributed by atoms with Crippen molar-refractivity contribution in [2.45, 2.75) is 64.6 Å². The summed E-state index contributed by atoms with van der Waals surface area (Å²) in [6, 6.07) is 6.85. The molecule has 2 amide bonds. The molecule has 8 nitrogen and oxygen atoms in total. The first-order chi connectivity index (χ1) is 15.7. The van der Waals surface area contributed by atoms with E-state index in [-0.39, 0.29) is 36.5 Å². The zero-order chi connectivity index (χ0) is 23.8. The molecule has 2 aromatic rings. The van der Waals surface area contributed by atoms with Crippen LogP contribution in [-0.2, 0) is 16.1 Å². The van der Waals surface area contributed by atoms with Crippen LogP contribution in [0.2, 0.25) is 0 Å². The summed E-state index contributed by atoms with van der Waals surface area (Å²) in [6.07, 6.45) is 3.84. The largest absolute Gasteiger partial charge is 0.461 e. The molecule has 2 aliphatic rings. The van der Waals surface area contributed by atoms with Gasteiger partial charge < -0.3 is 10.1 Å². The number of halogens is 1. The third kappa shape index (κ3) is 4.36. The molecule has 0 saturated heterocycles. The maximum absolute atomic E-state index is 13.6. The monoisotopic (exact) mass is 456 g/mol. The summed E-state index contributed by atoms with van der Waals surface area (Å²) in [5.74, 6) is -1.25. The van der Waals surface area contributed by atoms with Gasteiger partial charge in [-0.2, -0.15) is 5.10 Å². The zero-order valence-electron chi connectivity index (χ0n) is 19.1. The highest BCUT2D eigenvalue weighted by Crippen LogP contribution is 2.34. The van der Waals surface area contributed by atoms with Crippen molar-refractivity contribution in [1.82, 2.24) is 15.1 Å². The maximum atomic E-state index is 13.6. The molecule has 1 aliphatic carbocycles. The number of fused-ring (bicyclic) bond motifs is 1. The summed E-state index contributed by atoms with van der Waals surface area (Å²) in [7, 11) is 0. The third-order valence-electron chi connectivity index (χ3n) is 6.56. The lowest BCUT2D eigenvalue weighted by atomic mass is 9.86. The molecule has 1 N–H and O–H groups in total. The van der Waals surface area contributed by atoms with Gasteiger partial charge in [0.2, 0.25) is 5.91 Å². The van der Waals surface area contributed by atoms with Gasteiger partial charge in [0.25, 0.3) is 5.91 Å². The fourth-order valence-electron chi connectivity index (χ4n) is 4.63. The normalized spacial score (nSPS) is 24.8. The summed E-state index contributed by atoms with van der Waals surface area (Å²) < 4.78 is 20.0. The van der Waals surface area contributed by atoms with Crippen molar-refractivity contribution in [1.29, 1.82) is 0 Å². The van der Waals surface area contributed by atoms with Gasteiger partial charge in [0.15, 0.2) is 5.69 Å². The van der Waals surface area contributed by atoms with Gasteiger partial charge in [-0.15, -0.1) is 0 Å². The van der Waals surface area contributed by atoms with E-state index in [9.17, 15) is 18.8 Å². The number of carbonyl (C=O) groups excluding carboxylic acids is 3. The quantitative estimate of drug-likeness (QED) is 0.697. The fraction of sp³-hybridized carbons (Fsp3) is 0.500. The molecule has 1 aromatic heterocycles. The molecule has 4 rings (SSSR count). The molecule has 1 saturated carbocycles. The van der Waals surface area contributed by atoms with Gasteiger partial charge in [-0.1, -0.05) is 6.92 Å². The maximum Gasteiger partial charge on any atom is 0.358 e. The van der Waals surface area contributed by atoms with E-state index in [0.717, 1.165) is 25.7 Å². The highest BCUT2D eigenvalue weighted by Gasteiger charge is 2.49. The molecule has 0 bridgehead atoms. The Balaban J connectivity index is 1.71. The second-order valence-corrected chi connectivity index (χ2v) is 9.11. The van der Waals surface area contributed by atoms with E-state index < -0.39 is 23.2 Å². The second-order valence-electron chi connectivity index (χ2n) is 9.11. The minimum absolute atomic E-state index is 0.00480. The number of esters is 1. The van der Waals surface area contributed by atoms with Gasteiger partial charge in [-0.05, 0) is 69.7 Å². The van der Waals surface area contributed by atoms with Crippen molar-refractivity contribution in [3.63, 3.8) is 0 Å². The Kier molecular flexibility index (Phi) is 6.23. The Morgan fingerprint density at radius 1 is 1.21 bits per heavy atom. The lowest BCUT2D eigenvalue weighted by Crippen LogP contribution is -2.65. The van der Waals surface area contributed by atoms with Crippen molar-refractivity contribution in [3.05, 3.63) is 47.5 Å². The predicted octanol–water partition coefficient (Wildman–Crippen LogP) is 3.31. The first-order valence-corrected chi connectivity index (χ1v) is 11.4. The summed E-state index contributed by atoms with van der Waals surface area (Å²) >= 11 is 0. The second kappa shape index (κ2) is 8.96. The van der Waals surface area contributed by atoms with Gasteiger partial charge in [0, 0.05) is 17.8 Å². The Hall–Kier alpha value is -3.23. The first-order valence-electron chi connectivity index (χ1n) is 11.4. The van der Waals surface area contributed by atoms with E-state index in [1.54, 1.807) is 13.8 Å². The summed E-state index contributed by atoms with van der Waals surface area (Å²) in [5, 5.41) is 7.37. The molecule has 0 radical (unpaired) electrons. The van der Waals surface area contributed by atoms with Crippen LogP contribution in [0.25, 0.3) is 0 Å². The molecule has 9 heteroatoms. The van der Waals surface area contributed by atoms with Crippen LogP contribution in [0.1, 0.15) is 67.4 Å². The van der Waals surface area contributed by atoms with E-state index in [1.807, 2.05) is 0 Å². The molecule has 1 aromatic carbocycles. The van der Waals surface area contributed by atoms with Crippen LogP contribution in [0, 0.1) is 11.7 Å². The fourth-order valence-corrected chi connectivity index (χ4v) is 4.63. The smallest absolute Gasteiger partial charge is 0.358 e. The molecule has 1 fully saturated rings. The van der Waals surface area contributed by atoms with Crippen molar-refractivity contribution in [3.8, 4) is 0 Å². The molecule has 2 heterocycles. The van der Waals surface area contributed by atoms with E-state index in [2.05, 4.69) is 17.3 Å². The number of hydrogen-bond donors (Lipinski definition) is 1. The number of nitrogens with zero attached hydrogens (tertiary/aromatic N) is 3. The number of rotatable bonds is 5. The van der Waals surface area contributed by atoms with Gasteiger partial charge in [-0.25, -0.2) is 9.18 Å². The van der Waals surface area contributed by atoms with Crippen LogP contribution in [0.3, 0.4) is 0 Å². The van der Waals surface area contributed by atoms with Gasteiger partial charge >= 0.3 is 5.97 Å². The van der Waals surface area contributed by atoms with Gasteiger partial charge in [0.1, 0.15) is 17.1 Å². The van der Waals surface area contributed by atoms with Crippen LogP contribution in [0.4, 0.5) is 10.1 Å². The molecule has 1 atom stereocenters. The third-order valence-corrected chi connectivity index (χ3v) is 6.56. The van der Waals surface area contributed by atoms with E-state index in [0.29, 0.717) is 11.6 Å². The van der Waals surface area contributed by atoms with Crippen LogP contribution in [-0.4, -0.2) is 45.8 Å². The van der Waals surface area contributed by atoms with Crippen LogP contribution >= 0.6 is 0 Å². The average Bonchev–Trinajstić information content (AvgIpc) is 3.21. The number of nitrogens with one attached hydrogen (secondary N) is 1. The van der Waals surface area contributed by atoms with Crippen molar-refractivity contribution in [2.24, 2.45) is 5.92 Å². The Morgan fingerprint density at radius 3 is 2.52 bits per heavy atom. The Bertz CT molecular complexity index is 1060. The number of hydrogen-bond acceptors (Lipinski definition) is 5. The molecule has 176 valence electrons. The summed E-state index contributed by atoms with van der Waals surface area (Å²) in [5.41, 5.74) is -0.770. The van der Waals surface area contributed by atoms with Crippen molar-refractivity contribution in [2.75, 3.05) is 11.5 Å². The predicted molar refractivity (Wildman–Crippen MR) is 119 cm³/mol. The Morgan fingerprint density at radius 2 is 1.88 bits per heavy atom. The number of aromatic nitrogens is 2. The van der Waals surface area contributed by atoms with Gasteiger partial charge in [-0.3, -0.25) is 19.2 Å².